The average molecular weight is 351 g/mol. The maximum absolute atomic E-state index is 12.9. The molecule has 0 fully saturated rings. The van der Waals surface area contributed by atoms with Crippen LogP contribution in [0.3, 0.4) is 0 Å². The molecule has 0 saturated heterocycles. The summed E-state index contributed by atoms with van der Waals surface area (Å²) in [7, 11) is 1.61. The van der Waals surface area contributed by atoms with E-state index >= 15 is 0 Å². The second-order valence-electron chi connectivity index (χ2n) is 5.77. The summed E-state index contributed by atoms with van der Waals surface area (Å²) in [5.74, 6) is 0.619. The lowest BCUT2D eigenvalue weighted by atomic mass is 10.1. The van der Waals surface area contributed by atoms with E-state index in [0.717, 1.165) is 16.9 Å². The summed E-state index contributed by atoms with van der Waals surface area (Å²) in [5.41, 5.74) is 2.96. The molecule has 0 atom stereocenters. The molecule has 0 bridgehead atoms. The monoisotopic (exact) mass is 351 g/mol. The number of rotatable bonds is 5. The molecular weight excluding hydrogens is 333 g/mol. The molecule has 1 heterocycles. The van der Waals surface area contributed by atoms with Gasteiger partial charge < -0.3 is 10.1 Å². The van der Waals surface area contributed by atoms with E-state index in [1.807, 2.05) is 24.3 Å². The van der Waals surface area contributed by atoms with Crippen molar-refractivity contribution in [3.63, 3.8) is 0 Å². The van der Waals surface area contributed by atoms with Crippen LogP contribution in [0.1, 0.15) is 11.3 Å². The number of hydrogen-bond acceptors (Lipinski definition) is 4. The normalized spacial score (nSPS) is 10.4. The fourth-order valence-electron chi connectivity index (χ4n) is 2.47. The summed E-state index contributed by atoms with van der Waals surface area (Å²) in [6, 6.07) is 13.3. The van der Waals surface area contributed by atoms with Crippen molar-refractivity contribution in [3.05, 3.63) is 71.8 Å². The number of nitrogens with zero attached hydrogens (tertiary/aromatic N) is 2. The van der Waals surface area contributed by atoms with E-state index in [2.05, 4.69) is 15.3 Å². The van der Waals surface area contributed by atoms with E-state index in [1.54, 1.807) is 32.4 Å². The molecule has 0 radical (unpaired) electrons. The predicted molar refractivity (Wildman–Crippen MR) is 97.5 cm³/mol. The first kappa shape index (κ1) is 17.5. The summed E-state index contributed by atoms with van der Waals surface area (Å²) in [6.07, 6.45) is 1.75. The molecule has 6 heteroatoms. The van der Waals surface area contributed by atoms with Crippen LogP contribution in [0.25, 0.3) is 11.3 Å². The van der Waals surface area contributed by atoms with Gasteiger partial charge in [0.1, 0.15) is 11.6 Å². The van der Waals surface area contributed by atoms with Gasteiger partial charge in [0.2, 0.25) is 5.91 Å². The molecule has 0 aliphatic rings. The molecule has 0 saturated carbocycles. The molecular formula is C20H18FN3O2. The molecule has 2 aromatic carbocycles. The SMILES string of the molecule is COc1ccc(-c2cnc(NC(=O)Cc3ccc(F)cc3)c(C)n2)cc1. The summed E-state index contributed by atoms with van der Waals surface area (Å²) < 4.78 is 18.1. The zero-order valence-electron chi connectivity index (χ0n) is 14.5. The number of aromatic nitrogens is 2. The van der Waals surface area contributed by atoms with Crippen LogP contribution in [-0.2, 0) is 11.2 Å². The predicted octanol–water partition coefficient (Wildman–Crippen LogP) is 3.78. The quantitative estimate of drug-likeness (QED) is 0.760. The smallest absolute Gasteiger partial charge is 0.229 e. The third kappa shape index (κ3) is 4.22. The van der Waals surface area contributed by atoms with Crippen molar-refractivity contribution in [1.29, 1.82) is 0 Å². The highest BCUT2D eigenvalue weighted by Gasteiger charge is 2.10. The van der Waals surface area contributed by atoms with Gasteiger partial charge in [0, 0.05) is 5.56 Å². The minimum Gasteiger partial charge on any atom is -0.497 e. The maximum atomic E-state index is 12.9. The topological polar surface area (TPSA) is 64.1 Å². The van der Waals surface area contributed by atoms with Crippen LogP contribution < -0.4 is 10.1 Å². The minimum absolute atomic E-state index is 0.141. The fraction of sp³-hybridized carbons (Fsp3) is 0.150. The minimum atomic E-state index is -0.329. The number of halogens is 1. The van der Waals surface area contributed by atoms with Gasteiger partial charge in [0.05, 0.1) is 31.1 Å². The zero-order valence-corrected chi connectivity index (χ0v) is 14.5. The molecule has 3 rings (SSSR count). The van der Waals surface area contributed by atoms with Gasteiger partial charge in [-0.3, -0.25) is 4.79 Å². The van der Waals surface area contributed by atoms with Crippen LogP contribution in [-0.4, -0.2) is 23.0 Å². The first-order valence-corrected chi connectivity index (χ1v) is 8.07. The van der Waals surface area contributed by atoms with Gasteiger partial charge in [0.15, 0.2) is 5.82 Å². The number of nitrogens with one attached hydrogen (secondary N) is 1. The van der Waals surface area contributed by atoms with Crippen LogP contribution in [0.2, 0.25) is 0 Å². The van der Waals surface area contributed by atoms with Gasteiger partial charge in [0.25, 0.3) is 0 Å². The van der Waals surface area contributed by atoms with Crippen LogP contribution in [0.4, 0.5) is 10.2 Å². The Labute approximate surface area is 150 Å². The number of carbonyl (C=O) groups is 1. The number of benzene rings is 2. The van der Waals surface area contributed by atoms with Crippen molar-refractivity contribution in [2.75, 3.05) is 12.4 Å². The van der Waals surface area contributed by atoms with Gasteiger partial charge in [-0.2, -0.15) is 0 Å². The lowest BCUT2D eigenvalue weighted by molar-refractivity contribution is -0.115. The molecule has 0 unspecified atom stereocenters. The number of methoxy groups -OCH3 is 1. The Bertz CT molecular complexity index is 909. The highest BCUT2D eigenvalue weighted by atomic mass is 19.1. The third-order valence-corrected chi connectivity index (χ3v) is 3.87. The second kappa shape index (κ2) is 7.74. The van der Waals surface area contributed by atoms with Crippen molar-refractivity contribution < 1.29 is 13.9 Å². The number of hydrogen-bond donors (Lipinski definition) is 1. The van der Waals surface area contributed by atoms with Gasteiger partial charge in [-0.25, -0.2) is 14.4 Å². The Kier molecular flexibility index (Phi) is 5.22. The standard InChI is InChI=1S/C20H18FN3O2/c1-13-20(24-19(25)11-14-3-7-16(21)8-4-14)22-12-18(23-13)15-5-9-17(26-2)10-6-15/h3-10,12H,11H2,1-2H3,(H,22,24,25). The van der Waals surface area contributed by atoms with Crippen molar-refractivity contribution in [2.45, 2.75) is 13.3 Å². The molecule has 0 aliphatic heterocycles. The van der Waals surface area contributed by atoms with Crippen molar-refractivity contribution in [1.82, 2.24) is 9.97 Å². The van der Waals surface area contributed by atoms with Crippen molar-refractivity contribution in [3.8, 4) is 17.0 Å². The summed E-state index contributed by atoms with van der Waals surface area (Å²) in [4.78, 5) is 21.0. The first-order chi connectivity index (χ1) is 12.5. The van der Waals surface area contributed by atoms with Crippen LogP contribution in [0.15, 0.2) is 54.7 Å². The van der Waals surface area contributed by atoms with E-state index in [9.17, 15) is 9.18 Å². The molecule has 1 amide bonds. The molecule has 3 aromatic rings. The average Bonchev–Trinajstić information content (AvgIpc) is 2.65. The maximum Gasteiger partial charge on any atom is 0.229 e. The number of carbonyl (C=O) groups excluding carboxylic acids is 1. The molecule has 1 aromatic heterocycles. The molecule has 5 nitrogen and oxygen atoms in total. The van der Waals surface area contributed by atoms with Crippen LogP contribution in [0, 0.1) is 12.7 Å². The molecule has 132 valence electrons. The Morgan fingerprint density at radius 3 is 2.42 bits per heavy atom. The van der Waals surface area contributed by atoms with E-state index < -0.39 is 0 Å². The zero-order chi connectivity index (χ0) is 18.5. The summed E-state index contributed by atoms with van der Waals surface area (Å²) in [5, 5.41) is 2.74. The molecule has 1 N–H and O–H groups in total. The largest absolute Gasteiger partial charge is 0.497 e. The fourth-order valence-corrected chi connectivity index (χ4v) is 2.47. The van der Waals surface area contributed by atoms with E-state index in [1.165, 1.54) is 12.1 Å². The van der Waals surface area contributed by atoms with E-state index in [0.29, 0.717) is 17.2 Å². The molecule has 0 aliphatic carbocycles. The lowest BCUT2D eigenvalue weighted by Gasteiger charge is -2.09. The number of ether oxygens (including phenoxy) is 1. The summed E-state index contributed by atoms with van der Waals surface area (Å²) >= 11 is 0. The van der Waals surface area contributed by atoms with Crippen molar-refractivity contribution >= 4 is 11.7 Å². The Hall–Kier alpha value is -3.28. The lowest BCUT2D eigenvalue weighted by Crippen LogP contribution is -2.16. The second-order valence-corrected chi connectivity index (χ2v) is 5.77. The van der Waals surface area contributed by atoms with E-state index in [-0.39, 0.29) is 18.1 Å². The van der Waals surface area contributed by atoms with E-state index in [4.69, 9.17) is 4.74 Å². The van der Waals surface area contributed by atoms with Crippen molar-refractivity contribution in [2.24, 2.45) is 0 Å². The highest BCUT2D eigenvalue weighted by molar-refractivity contribution is 5.91. The summed E-state index contributed by atoms with van der Waals surface area (Å²) in [6.45, 7) is 1.79. The van der Waals surface area contributed by atoms with Crippen LogP contribution >= 0.6 is 0 Å². The Morgan fingerprint density at radius 1 is 1.12 bits per heavy atom. The Morgan fingerprint density at radius 2 is 1.81 bits per heavy atom. The van der Waals surface area contributed by atoms with Gasteiger partial charge in [-0.05, 0) is 48.9 Å². The third-order valence-electron chi connectivity index (χ3n) is 3.87. The van der Waals surface area contributed by atoms with Gasteiger partial charge >= 0.3 is 0 Å². The first-order valence-electron chi connectivity index (χ1n) is 8.07. The van der Waals surface area contributed by atoms with Gasteiger partial charge in [-0.1, -0.05) is 12.1 Å². The number of aryl methyl sites for hydroxylation is 1. The highest BCUT2D eigenvalue weighted by Crippen LogP contribution is 2.22. The molecule has 26 heavy (non-hydrogen) atoms. The number of amides is 1. The Balaban J connectivity index is 1.70. The number of anilines is 1. The molecule has 0 spiro atoms. The van der Waals surface area contributed by atoms with Gasteiger partial charge in [-0.15, -0.1) is 0 Å². The van der Waals surface area contributed by atoms with Crippen LogP contribution in [0.5, 0.6) is 5.75 Å².